The summed E-state index contributed by atoms with van der Waals surface area (Å²) in [4.78, 5) is 14.1. The van der Waals surface area contributed by atoms with Crippen LogP contribution in [-0.4, -0.2) is 35.0 Å². The van der Waals surface area contributed by atoms with Crippen molar-refractivity contribution in [1.82, 2.24) is 4.90 Å². The third kappa shape index (κ3) is 2.64. The van der Waals surface area contributed by atoms with Crippen LogP contribution in [0, 0.1) is 5.92 Å². The van der Waals surface area contributed by atoms with Gasteiger partial charge in [-0.25, -0.2) is 0 Å². The highest BCUT2D eigenvalue weighted by Crippen LogP contribution is 2.21. The highest BCUT2D eigenvalue weighted by Gasteiger charge is 2.28. The molecule has 2 rings (SSSR count). The van der Waals surface area contributed by atoms with Crippen LogP contribution in [0.3, 0.4) is 0 Å². The first kappa shape index (κ1) is 12.9. The third-order valence-electron chi connectivity index (χ3n) is 3.70. The number of aromatic hydroxyl groups is 1. The van der Waals surface area contributed by atoms with Crippen LogP contribution < -0.4 is 5.73 Å². The molecule has 1 aliphatic heterocycles. The van der Waals surface area contributed by atoms with Crippen LogP contribution in [0.2, 0.25) is 0 Å². The molecular formula is C14H20N2O2. The number of piperidine rings is 1. The van der Waals surface area contributed by atoms with Crippen LogP contribution in [0.4, 0.5) is 0 Å². The zero-order valence-electron chi connectivity index (χ0n) is 10.7. The largest absolute Gasteiger partial charge is 0.508 e. The lowest BCUT2D eigenvalue weighted by Gasteiger charge is -2.36. The number of nitrogens with two attached hydrogens (primary N) is 1. The van der Waals surface area contributed by atoms with Crippen LogP contribution in [0.25, 0.3) is 0 Å². The predicted octanol–water partition coefficient (Wildman–Crippen LogP) is 1.59. The van der Waals surface area contributed by atoms with Gasteiger partial charge in [-0.05, 0) is 30.5 Å². The number of nitrogens with zero attached hydrogens (tertiary/aromatic N) is 1. The van der Waals surface area contributed by atoms with E-state index in [1.807, 2.05) is 4.90 Å². The molecule has 0 aromatic heterocycles. The molecule has 1 aromatic rings. The number of rotatable bonds is 2. The summed E-state index contributed by atoms with van der Waals surface area (Å²) in [6.45, 7) is 3.52. The van der Waals surface area contributed by atoms with E-state index >= 15 is 0 Å². The molecule has 0 bridgehead atoms. The van der Waals surface area contributed by atoms with Crippen molar-refractivity contribution in [2.75, 3.05) is 13.1 Å². The standard InChI is InChI=1S/C14H20N2O2/c1-2-10-9-16(7-6-13(10)15)14(18)11-4-3-5-12(17)8-11/h3-5,8,10,13,17H,2,6-7,9,15H2,1H3. The van der Waals surface area contributed by atoms with Crippen LogP contribution >= 0.6 is 0 Å². The molecule has 3 N–H and O–H groups in total. The van der Waals surface area contributed by atoms with Gasteiger partial charge in [0.1, 0.15) is 5.75 Å². The van der Waals surface area contributed by atoms with E-state index in [9.17, 15) is 9.90 Å². The Bertz CT molecular complexity index is 434. The molecule has 4 nitrogen and oxygen atoms in total. The summed E-state index contributed by atoms with van der Waals surface area (Å²) in [5.74, 6) is 0.484. The average molecular weight is 248 g/mol. The van der Waals surface area contributed by atoms with Crippen molar-refractivity contribution in [1.29, 1.82) is 0 Å². The van der Waals surface area contributed by atoms with Gasteiger partial charge < -0.3 is 15.7 Å². The molecule has 2 atom stereocenters. The summed E-state index contributed by atoms with van der Waals surface area (Å²) in [5.41, 5.74) is 6.58. The van der Waals surface area contributed by atoms with E-state index in [1.165, 1.54) is 6.07 Å². The molecule has 1 aromatic carbocycles. The van der Waals surface area contributed by atoms with E-state index in [0.29, 0.717) is 24.6 Å². The number of benzene rings is 1. The van der Waals surface area contributed by atoms with Crippen LogP contribution in [0.15, 0.2) is 24.3 Å². The van der Waals surface area contributed by atoms with Gasteiger partial charge in [0.05, 0.1) is 0 Å². The van der Waals surface area contributed by atoms with Crippen molar-refractivity contribution in [3.63, 3.8) is 0 Å². The second kappa shape index (κ2) is 5.40. The molecule has 4 heteroatoms. The predicted molar refractivity (Wildman–Crippen MR) is 70.4 cm³/mol. The number of amides is 1. The van der Waals surface area contributed by atoms with Gasteiger partial charge in [0.2, 0.25) is 0 Å². The Morgan fingerprint density at radius 3 is 3.00 bits per heavy atom. The second-order valence-corrected chi connectivity index (χ2v) is 4.92. The highest BCUT2D eigenvalue weighted by molar-refractivity contribution is 5.94. The summed E-state index contributed by atoms with van der Waals surface area (Å²) in [6, 6.07) is 6.70. The fraction of sp³-hybridized carbons (Fsp3) is 0.500. The van der Waals surface area contributed by atoms with E-state index in [-0.39, 0.29) is 17.7 Å². The molecule has 1 saturated heterocycles. The maximum atomic E-state index is 12.3. The van der Waals surface area contributed by atoms with Gasteiger partial charge in [0, 0.05) is 24.7 Å². The van der Waals surface area contributed by atoms with E-state index < -0.39 is 0 Å². The van der Waals surface area contributed by atoms with Gasteiger partial charge >= 0.3 is 0 Å². The maximum Gasteiger partial charge on any atom is 0.253 e. The first-order chi connectivity index (χ1) is 8.61. The van der Waals surface area contributed by atoms with Crippen molar-refractivity contribution in [2.45, 2.75) is 25.8 Å². The normalized spacial score (nSPS) is 24.0. The Labute approximate surface area is 107 Å². The Morgan fingerprint density at radius 1 is 1.56 bits per heavy atom. The number of likely N-dealkylation sites (tertiary alicyclic amines) is 1. The van der Waals surface area contributed by atoms with Crippen molar-refractivity contribution in [2.24, 2.45) is 11.7 Å². The summed E-state index contributed by atoms with van der Waals surface area (Å²) >= 11 is 0. The first-order valence-electron chi connectivity index (χ1n) is 6.45. The van der Waals surface area contributed by atoms with Crippen LogP contribution in [0.5, 0.6) is 5.75 Å². The van der Waals surface area contributed by atoms with Crippen molar-refractivity contribution < 1.29 is 9.90 Å². The van der Waals surface area contributed by atoms with Crippen molar-refractivity contribution in [3.8, 4) is 5.75 Å². The molecule has 98 valence electrons. The molecule has 0 saturated carbocycles. The molecule has 1 amide bonds. The van der Waals surface area contributed by atoms with Gasteiger partial charge in [-0.2, -0.15) is 0 Å². The molecule has 0 radical (unpaired) electrons. The number of phenolic OH excluding ortho intramolecular Hbond substituents is 1. The zero-order valence-corrected chi connectivity index (χ0v) is 10.7. The van der Waals surface area contributed by atoms with Crippen molar-refractivity contribution >= 4 is 5.91 Å². The highest BCUT2D eigenvalue weighted by atomic mass is 16.3. The average Bonchev–Trinajstić information content (AvgIpc) is 2.38. The Balaban J connectivity index is 2.10. The number of phenols is 1. The summed E-state index contributed by atoms with van der Waals surface area (Å²) in [5, 5.41) is 9.41. The molecule has 0 spiro atoms. The van der Waals surface area contributed by atoms with E-state index in [2.05, 4.69) is 6.92 Å². The Hall–Kier alpha value is -1.55. The van der Waals surface area contributed by atoms with E-state index in [4.69, 9.17) is 5.73 Å². The van der Waals surface area contributed by atoms with Gasteiger partial charge in [0.25, 0.3) is 5.91 Å². The molecule has 1 aliphatic rings. The molecule has 2 unspecified atom stereocenters. The minimum absolute atomic E-state index is 0.0174. The van der Waals surface area contributed by atoms with Gasteiger partial charge in [-0.1, -0.05) is 19.4 Å². The lowest BCUT2D eigenvalue weighted by molar-refractivity contribution is 0.0649. The number of carbonyl (C=O) groups is 1. The number of hydrogen-bond acceptors (Lipinski definition) is 3. The Kier molecular flexibility index (Phi) is 3.87. The van der Waals surface area contributed by atoms with Crippen LogP contribution in [-0.2, 0) is 0 Å². The lowest BCUT2D eigenvalue weighted by atomic mass is 9.90. The van der Waals surface area contributed by atoms with E-state index in [0.717, 1.165) is 12.8 Å². The molecule has 18 heavy (non-hydrogen) atoms. The lowest BCUT2D eigenvalue weighted by Crippen LogP contribution is -2.49. The minimum atomic E-state index is -0.0174. The van der Waals surface area contributed by atoms with Crippen LogP contribution in [0.1, 0.15) is 30.1 Å². The SMILES string of the molecule is CCC1CN(C(=O)c2cccc(O)c2)CCC1N. The number of hydrogen-bond donors (Lipinski definition) is 2. The van der Waals surface area contributed by atoms with E-state index in [1.54, 1.807) is 18.2 Å². The monoisotopic (exact) mass is 248 g/mol. The van der Waals surface area contributed by atoms with Gasteiger partial charge in [0.15, 0.2) is 0 Å². The minimum Gasteiger partial charge on any atom is -0.508 e. The summed E-state index contributed by atoms with van der Waals surface area (Å²) in [7, 11) is 0. The third-order valence-corrected chi connectivity index (χ3v) is 3.70. The Morgan fingerprint density at radius 2 is 2.33 bits per heavy atom. The van der Waals surface area contributed by atoms with Crippen molar-refractivity contribution in [3.05, 3.63) is 29.8 Å². The summed E-state index contributed by atoms with van der Waals surface area (Å²) < 4.78 is 0. The first-order valence-corrected chi connectivity index (χ1v) is 6.45. The number of carbonyl (C=O) groups excluding carboxylic acids is 1. The smallest absolute Gasteiger partial charge is 0.253 e. The fourth-order valence-corrected chi connectivity index (χ4v) is 2.49. The maximum absolute atomic E-state index is 12.3. The molecule has 0 aliphatic carbocycles. The zero-order chi connectivity index (χ0) is 13.1. The second-order valence-electron chi connectivity index (χ2n) is 4.92. The van der Waals surface area contributed by atoms with Gasteiger partial charge in [-0.15, -0.1) is 0 Å². The topological polar surface area (TPSA) is 66.6 Å². The molecule has 1 heterocycles. The quantitative estimate of drug-likeness (QED) is 0.835. The summed E-state index contributed by atoms with van der Waals surface area (Å²) in [6.07, 6.45) is 1.84. The molecule has 1 fully saturated rings. The fourth-order valence-electron chi connectivity index (χ4n) is 2.49. The van der Waals surface area contributed by atoms with Gasteiger partial charge in [-0.3, -0.25) is 4.79 Å². The molecular weight excluding hydrogens is 228 g/mol.